The van der Waals surface area contributed by atoms with Gasteiger partial charge in [-0.15, -0.1) is 0 Å². The van der Waals surface area contributed by atoms with Crippen LogP contribution in [0.5, 0.6) is 5.75 Å². The van der Waals surface area contributed by atoms with Gasteiger partial charge in [0.15, 0.2) is 0 Å². The zero-order valence-corrected chi connectivity index (χ0v) is 11.5. The van der Waals surface area contributed by atoms with Crippen LogP contribution in [0.25, 0.3) is 10.8 Å². The lowest BCUT2D eigenvalue weighted by molar-refractivity contribution is -0.383. The Morgan fingerprint density at radius 3 is 2.85 bits per heavy atom. The van der Waals surface area contributed by atoms with Gasteiger partial charge in [-0.2, -0.15) is 0 Å². The summed E-state index contributed by atoms with van der Waals surface area (Å²) in [6, 6.07) is 5.12. The Balaban J connectivity index is 2.22. The molecule has 0 bridgehead atoms. The van der Waals surface area contributed by atoms with E-state index in [1.165, 1.54) is 6.07 Å². The van der Waals surface area contributed by atoms with E-state index in [1.807, 2.05) is 0 Å². The summed E-state index contributed by atoms with van der Waals surface area (Å²) in [5.41, 5.74) is 0.0649. The van der Waals surface area contributed by atoms with Crippen molar-refractivity contribution in [3.05, 3.63) is 40.7 Å². The summed E-state index contributed by atoms with van der Waals surface area (Å²) in [4.78, 5) is 14.6. The molecule has 0 aliphatic carbocycles. The highest BCUT2D eigenvalue weighted by atomic mass is 16.6. The predicted molar refractivity (Wildman–Crippen MR) is 77.0 cm³/mol. The Hall–Kier alpha value is -2.21. The molecule has 106 valence electrons. The van der Waals surface area contributed by atoms with Crippen molar-refractivity contribution < 1.29 is 9.66 Å². The third-order valence-corrected chi connectivity index (χ3v) is 2.86. The molecule has 20 heavy (non-hydrogen) atoms. The molecule has 2 rings (SSSR count). The van der Waals surface area contributed by atoms with Crippen LogP contribution in [0.3, 0.4) is 0 Å². The van der Waals surface area contributed by atoms with Crippen molar-refractivity contribution in [3.8, 4) is 5.75 Å². The van der Waals surface area contributed by atoms with Crippen LogP contribution >= 0.6 is 0 Å². The smallest absolute Gasteiger partial charge is 0.277 e. The molecule has 0 saturated heterocycles. The Morgan fingerprint density at radius 2 is 2.15 bits per heavy atom. The molecule has 1 aromatic carbocycles. The molecule has 0 atom stereocenters. The Labute approximate surface area is 116 Å². The summed E-state index contributed by atoms with van der Waals surface area (Å²) in [5, 5.41) is 15.4. The first-order valence-electron chi connectivity index (χ1n) is 6.47. The highest BCUT2D eigenvalue weighted by Gasteiger charge is 2.14. The molecule has 0 aliphatic heterocycles. The number of rotatable bonds is 6. The Kier molecular flexibility index (Phi) is 4.47. The van der Waals surface area contributed by atoms with Crippen LogP contribution < -0.4 is 10.1 Å². The van der Waals surface area contributed by atoms with Crippen LogP contribution in [0.2, 0.25) is 0 Å². The SMILES string of the molecule is CC(C)NCCOc1ccc([N+](=O)[O-])c2ccncc12. The monoisotopic (exact) mass is 275 g/mol. The number of pyridine rings is 1. The fourth-order valence-corrected chi connectivity index (χ4v) is 1.94. The number of ether oxygens (including phenoxy) is 1. The Bertz CT molecular complexity index is 614. The number of nitrogens with one attached hydrogen (secondary N) is 1. The van der Waals surface area contributed by atoms with E-state index in [-0.39, 0.29) is 5.69 Å². The second-order valence-electron chi connectivity index (χ2n) is 4.72. The molecule has 1 N–H and O–H groups in total. The molecular weight excluding hydrogens is 258 g/mol. The van der Waals surface area contributed by atoms with E-state index in [4.69, 9.17) is 4.74 Å². The van der Waals surface area contributed by atoms with Gasteiger partial charge in [0.05, 0.1) is 10.3 Å². The number of hydrogen-bond donors (Lipinski definition) is 1. The van der Waals surface area contributed by atoms with Crippen LogP contribution in [0.15, 0.2) is 30.6 Å². The number of nitrogens with zero attached hydrogens (tertiary/aromatic N) is 2. The fraction of sp³-hybridized carbons (Fsp3) is 0.357. The van der Waals surface area contributed by atoms with E-state index in [1.54, 1.807) is 24.5 Å². The average Bonchev–Trinajstić information content (AvgIpc) is 2.43. The maximum atomic E-state index is 11.0. The number of nitro benzene ring substituents is 1. The molecule has 0 saturated carbocycles. The summed E-state index contributed by atoms with van der Waals surface area (Å²) in [7, 11) is 0. The quantitative estimate of drug-likeness (QED) is 0.498. The van der Waals surface area contributed by atoms with Crippen LogP contribution in [-0.4, -0.2) is 29.1 Å². The summed E-state index contributed by atoms with van der Waals surface area (Å²) in [5.74, 6) is 0.615. The standard InChI is InChI=1S/C14H17N3O3/c1-10(2)16-7-8-20-14-4-3-13(17(18)19)11-5-6-15-9-12(11)14/h3-6,9-10,16H,7-8H2,1-2H3. The van der Waals surface area contributed by atoms with Gasteiger partial charge in [0.1, 0.15) is 12.4 Å². The largest absolute Gasteiger partial charge is 0.492 e. The lowest BCUT2D eigenvalue weighted by Gasteiger charge is -2.11. The van der Waals surface area contributed by atoms with Gasteiger partial charge in [0.2, 0.25) is 0 Å². The second-order valence-corrected chi connectivity index (χ2v) is 4.72. The van der Waals surface area contributed by atoms with Crippen molar-refractivity contribution in [2.24, 2.45) is 0 Å². The van der Waals surface area contributed by atoms with Crippen molar-refractivity contribution in [3.63, 3.8) is 0 Å². The zero-order valence-electron chi connectivity index (χ0n) is 11.5. The maximum absolute atomic E-state index is 11.0. The van der Waals surface area contributed by atoms with E-state index in [9.17, 15) is 10.1 Å². The molecule has 0 unspecified atom stereocenters. The van der Waals surface area contributed by atoms with Crippen LogP contribution in [-0.2, 0) is 0 Å². The van der Waals surface area contributed by atoms with Gasteiger partial charge >= 0.3 is 0 Å². The van der Waals surface area contributed by atoms with Gasteiger partial charge in [0.25, 0.3) is 5.69 Å². The zero-order chi connectivity index (χ0) is 14.5. The van der Waals surface area contributed by atoms with Gasteiger partial charge < -0.3 is 10.1 Å². The van der Waals surface area contributed by atoms with Crippen LogP contribution in [0.1, 0.15) is 13.8 Å². The highest BCUT2D eigenvalue weighted by molar-refractivity contribution is 5.94. The normalized spacial score (nSPS) is 10.9. The van der Waals surface area contributed by atoms with Gasteiger partial charge in [-0.1, -0.05) is 13.8 Å². The number of hydrogen-bond acceptors (Lipinski definition) is 5. The number of benzene rings is 1. The summed E-state index contributed by atoms with van der Waals surface area (Å²) < 4.78 is 5.68. The predicted octanol–water partition coefficient (Wildman–Crippen LogP) is 2.52. The molecule has 1 heterocycles. The number of aromatic nitrogens is 1. The topological polar surface area (TPSA) is 77.3 Å². The van der Waals surface area contributed by atoms with E-state index >= 15 is 0 Å². The summed E-state index contributed by atoms with van der Waals surface area (Å²) in [6.45, 7) is 5.34. The minimum atomic E-state index is -0.396. The molecule has 6 heteroatoms. The second kappa shape index (κ2) is 6.29. The van der Waals surface area contributed by atoms with Crippen LogP contribution in [0.4, 0.5) is 5.69 Å². The van der Waals surface area contributed by atoms with E-state index in [0.717, 1.165) is 6.54 Å². The molecule has 6 nitrogen and oxygen atoms in total. The van der Waals surface area contributed by atoms with Gasteiger partial charge in [-0.05, 0) is 12.1 Å². The minimum Gasteiger partial charge on any atom is -0.492 e. The average molecular weight is 275 g/mol. The molecule has 2 aromatic rings. The molecular formula is C14H17N3O3. The third kappa shape index (κ3) is 3.21. The summed E-state index contributed by atoms with van der Waals surface area (Å²) >= 11 is 0. The molecule has 0 amide bonds. The van der Waals surface area contributed by atoms with Crippen molar-refractivity contribution in [1.29, 1.82) is 0 Å². The summed E-state index contributed by atoms with van der Waals surface area (Å²) in [6.07, 6.45) is 3.13. The van der Waals surface area contributed by atoms with Gasteiger partial charge in [-0.25, -0.2) is 0 Å². The Morgan fingerprint density at radius 1 is 1.35 bits per heavy atom. The fourth-order valence-electron chi connectivity index (χ4n) is 1.94. The third-order valence-electron chi connectivity index (χ3n) is 2.86. The highest BCUT2D eigenvalue weighted by Crippen LogP contribution is 2.31. The first kappa shape index (κ1) is 14.2. The number of non-ortho nitro benzene ring substituents is 1. The van der Waals surface area contributed by atoms with Gasteiger partial charge in [-0.3, -0.25) is 15.1 Å². The van der Waals surface area contributed by atoms with E-state index < -0.39 is 4.92 Å². The van der Waals surface area contributed by atoms with Crippen LogP contribution in [0, 0.1) is 10.1 Å². The molecule has 0 radical (unpaired) electrons. The molecule has 0 fully saturated rings. The van der Waals surface area contributed by atoms with Crippen molar-refractivity contribution >= 4 is 16.5 Å². The first-order chi connectivity index (χ1) is 9.59. The number of fused-ring (bicyclic) bond motifs is 1. The van der Waals surface area contributed by atoms with Crippen molar-refractivity contribution in [1.82, 2.24) is 10.3 Å². The minimum absolute atomic E-state index is 0.0649. The molecule has 1 aromatic heterocycles. The maximum Gasteiger partial charge on any atom is 0.277 e. The molecule has 0 spiro atoms. The first-order valence-corrected chi connectivity index (χ1v) is 6.47. The number of nitro groups is 1. The lowest BCUT2D eigenvalue weighted by atomic mass is 10.1. The van der Waals surface area contributed by atoms with Crippen molar-refractivity contribution in [2.75, 3.05) is 13.2 Å². The van der Waals surface area contributed by atoms with Crippen molar-refractivity contribution in [2.45, 2.75) is 19.9 Å². The van der Waals surface area contributed by atoms with E-state index in [2.05, 4.69) is 24.1 Å². The lowest BCUT2D eigenvalue weighted by Crippen LogP contribution is -2.27. The van der Waals surface area contributed by atoms with Gasteiger partial charge in [0, 0.05) is 36.4 Å². The van der Waals surface area contributed by atoms with E-state index in [0.29, 0.717) is 29.2 Å². The molecule has 0 aliphatic rings.